The lowest BCUT2D eigenvalue weighted by Gasteiger charge is -2.06. The first-order chi connectivity index (χ1) is 10.6. The van der Waals surface area contributed by atoms with Crippen molar-refractivity contribution in [2.75, 3.05) is 5.32 Å². The molecule has 1 aromatic heterocycles. The molecule has 0 spiro atoms. The van der Waals surface area contributed by atoms with Crippen LogP contribution in [0, 0.1) is 6.92 Å². The first-order valence-electron chi connectivity index (χ1n) is 7.23. The predicted molar refractivity (Wildman–Crippen MR) is 80.5 cm³/mol. The maximum absolute atomic E-state index is 12.0. The normalized spacial score (nSPS) is 13.7. The molecule has 0 aliphatic heterocycles. The number of carbonyl (C=O) groups excluding carboxylic acids is 2. The number of anilines is 1. The standard InChI is InChI=1S/C16H17N3O3/c1-10-14(9-17-22-10)16(21)19-13-4-2-11(3-5-13)8-15(20)18-12-6-7-12/h2-5,9,12H,6-8H2,1H3,(H,18,20)(H,19,21). The van der Waals surface area contributed by atoms with Crippen molar-refractivity contribution in [2.24, 2.45) is 0 Å². The lowest BCUT2D eigenvalue weighted by atomic mass is 10.1. The first-order valence-corrected chi connectivity index (χ1v) is 7.23. The number of nitrogens with one attached hydrogen (secondary N) is 2. The summed E-state index contributed by atoms with van der Waals surface area (Å²) in [7, 11) is 0. The Bertz CT molecular complexity index is 687. The molecule has 2 aromatic rings. The van der Waals surface area contributed by atoms with Crippen LogP contribution in [0.1, 0.15) is 34.5 Å². The van der Waals surface area contributed by atoms with E-state index in [0.717, 1.165) is 18.4 Å². The van der Waals surface area contributed by atoms with Crippen LogP contribution in [0.3, 0.4) is 0 Å². The van der Waals surface area contributed by atoms with Gasteiger partial charge in [0.1, 0.15) is 11.3 Å². The summed E-state index contributed by atoms with van der Waals surface area (Å²) in [5, 5.41) is 9.30. The number of aromatic nitrogens is 1. The quantitative estimate of drug-likeness (QED) is 0.885. The van der Waals surface area contributed by atoms with E-state index in [4.69, 9.17) is 4.52 Å². The summed E-state index contributed by atoms with van der Waals surface area (Å²) in [5.74, 6) is 0.253. The molecule has 1 saturated carbocycles. The summed E-state index contributed by atoms with van der Waals surface area (Å²) in [5.41, 5.74) is 1.99. The molecule has 1 aliphatic carbocycles. The first kappa shape index (κ1) is 14.3. The average molecular weight is 299 g/mol. The molecule has 0 unspecified atom stereocenters. The van der Waals surface area contributed by atoms with E-state index in [1.807, 2.05) is 12.1 Å². The molecule has 6 heteroatoms. The van der Waals surface area contributed by atoms with Crippen LogP contribution in [0.2, 0.25) is 0 Å². The van der Waals surface area contributed by atoms with Gasteiger partial charge in [0, 0.05) is 11.7 Å². The molecule has 114 valence electrons. The summed E-state index contributed by atoms with van der Waals surface area (Å²) >= 11 is 0. The molecule has 22 heavy (non-hydrogen) atoms. The monoisotopic (exact) mass is 299 g/mol. The Labute approximate surface area is 127 Å². The van der Waals surface area contributed by atoms with Crippen molar-refractivity contribution < 1.29 is 14.1 Å². The van der Waals surface area contributed by atoms with E-state index >= 15 is 0 Å². The highest BCUT2D eigenvalue weighted by atomic mass is 16.5. The molecule has 1 fully saturated rings. The Morgan fingerprint density at radius 1 is 1.27 bits per heavy atom. The second-order valence-electron chi connectivity index (χ2n) is 5.47. The Balaban J connectivity index is 1.58. The van der Waals surface area contributed by atoms with Gasteiger partial charge in [0.25, 0.3) is 5.91 Å². The van der Waals surface area contributed by atoms with Gasteiger partial charge in [-0.2, -0.15) is 0 Å². The highest BCUT2D eigenvalue weighted by Crippen LogP contribution is 2.19. The highest BCUT2D eigenvalue weighted by Gasteiger charge is 2.23. The van der Waals surface area contributed by atoms with Gasteiger partial charge in [0.05, 0.1) is 12.6 Å². The summed E-state index contributed by atoms with van der Waals surface area (Å²) < 4.78 is 4.87. The van der Waals surface area contributed by atoms with Gasteiger partial charge in [-0.05, 0) is 37.5 Å². The maximum Gasteiger partial charge on any atom is 0.260 e. The third-order valence-corrected chi connectivity index (χ3v) is 3.51. The van der Waals surface area contributed by atoms with Crippen molar-refractivity contribution in [1.82, 2.24) is 10.5 Å². The molecule has 1 aromatic carbocycles. The molecule has 1 heterocycles. The van der Waals surface area contributed by atoms with E-state index in [-0.39, 0.29) is 11.8 Å². The van der Waals surface area contributed by atoms with Crippen LogP contribution in [0.4, 0.5) is 5.69 Å². The van der Waals surface area contributed by atoms with Gasteiger partial charge in [-0.1, -0.05) is 17.3 Å². The largest absolute Gasteiger partial charge is 0.361 e. The minimum Gasteiger partial charge on any atom is -0.361 e. The zero-order chi connectivity index (χ0) is 15.5. The lowest BCUT2D eigenvalue weighted by molar-refractivity contribution is -0.120. The van der Waals surface area contributed by atoms with Crippen LogP contribution in [0.25, 0.3) is 0 Å². The zero-order valence-electron chi connectivity index (χ0n) is 12.3. The number of aryl methyl sites for hydroxylation is 1. The van der Waals surface area contributed by atoms with Crippen LogP contribution in [-0.2, 0) is 11.2 Å². The fourth-order valence-electron chi connectivity index (χ4n) is 2.11. The molecular formula is C16H17N3O3. The molecule has 1 aliphatic rings. The van der Waals surface area contributed by atoms with E-state index in [2.05, 4.69) is 15.8 Å². The molecule has 0 bridgehead atoms. The SMILES string of the molecule is Cc1oncc1C(=O)Nc1ccc(CC(=O)NC2CC2)cc1. The van der Waals surface area contributed by atoms with Crippen LogP contribution in [0.15, 0.2) is 35.0 Å². The Kier molecular flexibility index (Phi) is 3.91. The van der Waals surface area contributed by atoms with Crippen molar-refractivity contribution in [1.29, 1.82) is 0 Å². The number of nitrogens with zero attached hydrogens (tertiary/aromatic N) is 1. The summed E-state index contributed by atoms with van der Waals surface area (Å²) in [6, 6.07) is 7.60. The summed E-state index contributed by atoms with van der Waals surface area (Å²) in [6.07, 6.45) is 3.91. The van der Waals surface area contributed by atoms with Crippen LogP contribution in [-0.4, -0.2) is 23.0 Å². The molecular weight excluding hydrogens is 282 g/mol. The second kappa shape index (κ2) is 6.01. The third kappa shape index (κ3) is 3.52. The smallest absolute Gasteiger partial charge is 0.260 e. The summed E-state index contributed by atoms with van der Waals surface area (Å²) in [4.78, 5) is 23.7. The van der Waals surface area contributed by atoms with Crippen LogP contribution >= 0.6 is 0 Å². The van der Waals surface area contributed by atoms with Gasteiger partial charge in [-0.25, -0.2) is 0 Å². The molecule has 6 nitrogen and oxygen atoms in total. The van der Waals surface area contributed by atoms with Crippen molar-refractivity contribution in [2.45, 2.75) is 32.2 Å². The van der Waals surface area contributed by atoms with E-state index in [9.17, 15) is 9.59 Å². The van der Waals surface area contributed by atoms with Crippen LogP contribution in [0.5, 0.6) is 0 Å². The summed E-state index contributed by atoms with van der Waals surface area (Å²) in [6.45, 7) is 1.68. The number of amides is 2. The number of hydrogen-bond donors (Lipinski definition) is 2. The Hall–Kier alpha value is -2.63. The maximum atomic E-state index is 12.0. The van der Waals surface area contributed by atoms with Gasteiger partial charge >= 0.3 is 0 Å². The van der Waals surface area contributed by atoms with E-state index in [0.29, 0.717) is 29.5 Å². The minimum absolute atomic E-state index is 0.0411. The number of benzene rings is 1. The van der Waals surface area contributed by atoms with E-state index < -0.39 is 0 Å². The number of rotatable bonds is 5. The number of carbonyl (C=O) groups is 2. The van der Waals surface area contributed by atoms with Crippen molar-refractivity contribution in [3.8, 4) is 0 Å². The average Bonchev–Trinajstić information content (AvgIpc) is 3.19. The molecule has 0 saturated heterocycles. The zero-order valence-corrected chi connectivity index (χ0v) is 12.3. The topological polar surface area (TPSA) is 84.2 Å². The van der Waals surface area contributed by atoms with Gasteiger partial charge < -0.3 is 15.2 Å². The van der Waals surface area contributed by atoms with Gasteiger partial charge in [-0.3, -0.25) is 9.59 Å². The second-order valence-corrected chi connectivity index (χ2v) is 5.47. The van der Waals surface area contributed by atoms with Crippen molar-refractivity contribution >= 4 is 17.5 Å². The predicted octanol–water partition coefficient (Wildman–Crippen LogP) is 2.06. The molecule has 0 atom stereocenters. The van der Waals surface area contributed by atoms with Crippen LogP contribution < -0.4 is 10.6 Å². The molecule has 3 rings (SSSR count). The van der Waals surface area contributed by atoms with Crippen molar-refractivity contribution in [3.63, 3.8) is 0 Å². The Morgan fingerprint density at radius 2 is 2.00 bits per heavy atom. The van der Waals surface area contributed by atoms with Gasteiger partial charge in [0.15, 0.2) is 0 Å². The highest BCUT2D eigenvalue weighted by molar-refractivity contribution is 6.04. The minimum atomic E-state index is -0.266. The van der Waals surface area contributed by atoms with E-state index in [1.54, 1.807) is 19.1 Å². The van der Waals surface area contributed by atoms with Gasteiger partial charge in [0.2, 0.25) is 5.91 Å². The van der Waals surface area contributed by atoms with Gasteiger partial charge in [-0.15, -0.1) is 0 Å². The third-order valence-electron chi connectivity index (χ3n) is 3.51. The molecule has 2 amide bonds. The molecule has 0 radical (unpaired) electrons. The van der Waals surface area contributed by atoms with E-state index in [1.165, 1.54) is 6.20 Å². The lowest BCUT2D eigenvalue weighted by Crippen LogP contribution is -2.26. The molecule has 2 N–H and O–H groups in total. The number of hydrogen-bond acceptors (Lipinski definition) is 4. The van der Waals surface area contributed by atoms with Crippen molar-refractivity contribution in [3.05, 3.63) is 47.3 Å². The fourth-order valence-corrected chi connectivity index (χ4v) is 2.11. The Morgan fingerprint density at radius 3 is 2.59 bits per heavy atom. The fraction of sp³-hybridized carbons (Fsp3) is 0.312.